The van der Waals surface area contributed by atoms with Crippen LogP contribution in [0.15, 0.2) is 0 Å². The van der Waals surface area contributed by atoms with Gasteiger partial charge in [-0.05, 0) is 33.2 Å². The first-order valence-electron chi connectivity index (χ1n) is 3.53. The Labute approximate surface area is 67.8 Å². The number of hydrogen-bond acceptors (Lipinski definition) is 1. The van der Waals surface area contributed by atoms with Gasteiger partial charge in [-0.1, -0.05) is 0 Å². The number of alkyl halides is 1. The molecule has 0 aromatic carbocycles. The normalized spacial score (nSPS) is 26.1. The predicted octanol–water partition coefficient (Wildman–Crippen LogP) is 1.91. The Morgan fingerprint density at radius 3 is 2.30 bits per heavy atom. The van der Waals surface area contributed by atoms with E-state index in [2.05, 4.69) is 5.32 Å². The third-order valence-corrected chi connectivity index (χ3v) is 1.89. The van der Waals surface area contributed by atoms with Crippen molar-refractivity contribution in [3.63, 3.8) is 0 Å². The van der Waals surface area contributed by atoms with Gasteiger partial charge in [-0.25, -0.2) is 4.39 Å². The summed E-state index contributed by atoms with van der Waals surface area (Å²) in [7, 11) is 0. The highest BCUT2D eigenvalue weighted by Crippen LogP contribution is 2.21. The summed E-state index contributed by atoms with van der Waals surface area (Å²) in [6.45, 7) is 4.25. The van der Waals surface area contributed by atoms with Crippen LogP contribution in [0.5, 0.6) is 0 Å². The summed E-state index contributed by atoms with van der Waals surface area (Å²) in [5.41, 5.74) is -1.03. The molecular weight excluding hydrogens is 153 g/mol. The molecule has 1 saturated heterocycles. The molecule has 10 heavy (non-hydrogen) atoms. The number of hydrogen-bond donors (Lipinski definition) is 1. The van der Waals surface area contributed by atoms with E-state index in [-0.39, 0.29) is 18.4 Å². The second kappa shape index (κ2) is 3.54. The highest BCUT2D eigenvalue weighted by molar-refractivity contribution is 5.85. The lowest BCUT2D eigenvalue weighted by molar-refractivity contribution is 0.161. The maximum Gasteiger partial charge on any atom is 0.120 e. The Morgan fingerprint density at radius 2 is 2.10 bits per heavy atom. The minimum absolute atomic E-state index is 0. The molecule has 0 amide bonds. The summed E-state index contributed by atoms with van der Waals surface area (Å²) in [4.78, 5) is 0. The number of rotatable bonds is 1. The summed E-state index contributed by atoms with van der Waals surface area (Å²) in [5, 5.41) is 3.12. The zero-order valence-electron chi connectivity index (χ0n) is 6.48. The monoisotopic (exact) mass is 167 g/mol. The predicted molar refractivity (Wildman–Crippen MR) is 43.5 cm³/mol. The van der Waals surface area contributed by atoms with E-state index in [0.717, 1.165) is 19.4 Å². The molecule has 1 atom stereocenters. The van der Waals surface area contributed by atoms with Gasteiger partial charge in [-0.2, -0.15) is 0 Å². The van der Waals surface area contributed by atoms with Crippen LogP contribution >= 0.6 is 12.4 Å². The molecular formula is C7H15ClFN. The SMILES string of the molecule is CC(C)(F)C1CCCN1.Cl. The smallest absolute Gasteiger partial charge is 0.120 e. The topological polar surface area (TPSA) is 12.0 Å². The van der Waals surface area contributed by atoms with Crippen LogP contribution in [-0.2, 0) is 0 Å². The second-order valence-corrected chi connectivity index (χ2v) is 3.21. The van der Waals surface area contributed by atoms with Crippen LogP contribution in [0, 0.1) is 0 Å². The molecule has 1 aliphatic rings. The Morgan fingerprint density at radius 1 is 1.50 bits per heavy atom. The fraction of sp³-hybridized carbons (Fsp3) is 1.00. The first-order valence-corrected chi connectivity index (χ1v) is 3.53. The van der Waals surface area contributed by atoms with Crippen LogP contribution in [0.2, 0.25) is 0 Å². The van der Waals surface area contributed by atoms with Gasteiger partial charge in [0.1, 0.15) is 5.67 Å². The lowest BCUT2D eigenvalue weighted by atomic mass is 10.00. The summed E-state index contributed by atoms with van der Waals surface area (Å²) >= 11 is 0. The summed E-state index contributed by atoms with van der Waals surface area (Å²) in [6, 6.07) is 0.0949. The fourth-order valence-corrected chi connectivity index (χ4v) is 1.27. The van der Waals surface area contributed by atoms with Crippen molar-refractivity contribution in [3.8, 4) is 0 Å². The molecule has 1 heterocycles. The fourth-order valence-electron chi connectivity index (χ4n) is 1.27. The lowest BCUT2D eigenvalue weighted by Gasteiger charge is -2.22. The van der Waals surface area contributed by atoms with Gasteiger partial charge in [0.25, 0.3) is 0 Å². The molecule has 1 nitrogen and oxygen atoms in total. The van der Waals surface area contributed by atoms with E-state index < -0.39 is 5.67 Å². The van der Waals surface area contributed by atoms with Crippen LogP contribution in [0.3, 0.4) is 0 Å². The second-order valence-electron chi connectivity index (χ2n) is 3.21. The van der Waals surface area contributed by atoms with E-state index in [1.54, 1.807) is 13.8 Å². The Balaban J connectivity index is 0.000000810. The molecule has 1 rings (SSSR count). The Bertz CT molecular complexity index is 94.3. The highest BCUT2D eigenvalue weighted by Gasteiger charge is 2.30. The minimum atomic E-state index is -1.03. The maximum absolute atomic E-state index is 13.0. The van der Waals surface area contributed by atoms with Crippen molar-refractivity contribution in [2.75, 3.05) is 6.54 Å². The molecule has 1 N–H and O–H groups in total. The van der Waals surface area contributed by atoms with E-state index in [0.29, 0.717) is 0 Å². The summed E-state index contributed by atoms with van der Waals surface area (Å²) in [5.74, 6) is 0. The molecule has 0 saturated carbocycles. The van der Waals surface area contributed by atoms with Crippen molar-refractivity contribution in [3.05, 3.63) is 0 Å². The van der Waals surface area contributed by atoms with Crippen LogP contribution in [0.1, 0.15) is 26.7 Å². The van der Waals surface area contributed by atoms with Crippen molar-refractivity contribution in [1.29, 1.82) is 0 Å². The molecule has 0 spiro atoms. The molecule has 0 aromatic heterocycles. The van der Waals surface area contributed by atoms with Crippen molar-refractivity contribution in [2.45, 2.75) is 38.4 Å². The van der Waals surface area contributed by atoms with Gasteiger partial charge in [0.05, 0.1) is 0 Å². The minimum Gasteiger partial charge on any atom is -0.311 e. The standard InChI is InChI=1S/C7H14FN.ClH/c1-7(2,8)6-4-3-5-9-6;/h6,9H,3-5H2,1-2H3;1H. The van der Waals surface area contributed by atoms with Gasteiger partial charge >= 0.3 is 0 Å². The van der Waals surface area contributed by atoms with Crippen molar-refractivity contribution < 1.29 is 4.39 Å². The van der Waals surface area contributed by atoms with Crippen LogP contribution in [0.25, 0.3) is 0 Å². The molecule has 0 radical (unpaired) electrons. The third kappa shape index (κ3) is 2.43. The van der Waals surface area contributed by atoms with E-state index >= 15 is 0 Å². The third-order valence-electron chi connectivity index (χ3n) is 1.89. The van der Waals surface area contributed by atoms with E-state index in [1.807, 2.05) is 0 Å². The van der Waals surface area contributed by atoms with Crippen molar-refractivity contribution in [1.82, 2.24) is 5.32 Å². The van der Waals surface area contributed by atoms with Gasteiger partial charge in [-0.3, -0.25) is 0 Å². The first kappa shape index (κ1) is 10.2. The molecule has 1 fully saturated rings. The average Bonchev–Trinajstić information content (AvgIpc) is 2.08. The number of halogens is 2. The van der Waals surface area contributed by atoms with Gasteiger partial charge in [0.15, 0.2) is 0 Å². The largest absolute Gasteiger partial charge is 0.311 e. The summed E-state index contributed by atoms with van der Waals surface area (Å²) < 4.78 is 13.0. The highest BCUT2D eigenvalue weighted by atomic mass is 35.5. The van der Waals surface area contributed by atoms with E-state index in [9.17, 15) is 4.39 Å². The quantitative estimate of drug-likeness (QED) is 0.629. The Hall–Kier alpha value is 0.180. The van der Waals surface area contributed by atoms with Crippen LogP contribution in [0.4, 0.5) is 4.39 Å². The molecule has 0 aliphatic carbocycles. The van der Waals surface area contributed by atoms with Gasteiger partial charge in [0, 0.05) is 6.04 Å². The number of nitrogens with one attached hydrogen (secondary N) is 1. The van der Waals surface area contributed by atoms with Gasteiger partial charge < -0.3 is 5.32 Å². The molecule has 0 aromatic rings. The zero-order chi connectivity index (χ0) is 6.91. The molecule has 3 heteroatoms. The maximum atomic E-state index is 13.0. The average molecular weight is 168 g/mol. The van der Waals surface area contributed by atoms with Crippen molar-refractivity contribution >= 4 is 12.4 Å². The molecule has 1 unspecified atom stereocenters. The summed E-state index contributed by atoms with van der Waals surface area (Å²) in [6.07, 6.45) is 2.11. The Kier molecular flexibility index (Phi) is 3.60. The zero-order valence-corrected chi connectivity index (χ0v) is 7.30. The van der Waals surface area contributed by atoms with Crippen LogP contribution in [-0.4, -0.2) is 18.3 Å². The first-order chi connectivity index (χ1) is 4.11. The van der Waals surface area contributed by atoms with E-state index in [1.165, 1.54) is 0 Å². The lowest BCUT2D eigenvalue weighted by Crippen LogP contribution is -2.39. The molecule has 1 aliphatic heterocycles. The molecule has 62 valence electrons. The molecule has 0 bridgehead atoms. The van der Waals surface area contributed by atoms with E-state index in [4.69, 9.17) is 0 Å². The van der Waals surface area contributed by atoms with Crippen LogP contribution < -0.4 is 5.32 Å². The van der Waals surface area contributed by atoms with Gasteiger partial charge in [0.2, 0.25) is 0 Å². The van der Waals surface area contributed by atoms with Crippen molar-refractivity contribution in [2.24, 2.45) is 0 Å². The van der Waals surface area contributed by atoms with Gasteiger partial charge in [-0.15, -0.1) is 12.4 Å².